The number of hydrogen-bond donors (Lipinski definition) is 1. The predicted molar refractivity (Wildman–Crippen MR) is 127 cm³/mol. The molecule has 3 rings (SSSR count). The van der Waals surface area contributed by atoms with E-state index in [1.165, 1.54) is 3.57 Å². The third-order valence-corrected chi connectivity index (χ3v) is 5.86. The Labute approximate surface area is 198 Å². The molecule has 7 nitrogen and oxygen atoms in total. The van der Waals surface area contributed by atoms with Crippen LogP contribution in [-0.2, 0) is 16.1 Å². The lowest BCUT2D eigenvalue weighted by Gasteiger charge is -2.25. The molecule has 1 heterocycles. The van der Waals surface area contributed by atoms with Crippen molar-refractivity contribution in [2.45, 2.75) is 6.61 Å². The number of hydrazone groups is 1. The number of rotatable bonds is 8. The smallest absolute Gasteiger partial charge is 0.254 e. The Bertz CT molecular complexity index is 887. The van der Waals surface area contributed by atoms with Gasteiger partial charge in [-0.1, -0.05) is 12.1 Å². The Hall–Kier alpha value is -1.69. The summed E-state index contributed by atoms with van der Waals surface area (Å²) in [5.41, 5.74) is 4.40. The zero-order chi connectivity index (χ0) is 21.3. The molecule has 1 aliphatic heterocycles. The molecule has 9 heteroatoms. The van der Waals surface area contributed by atoms with Crippen LogP contribution in [0.4, 0.5) is 0 Å². The summed E-state index contributed by atoms with van der Waals surface area (Å²) in [5, 5.41) is 4.07. The molecule has 0 unspecified atom stereocenters. The number of carbonyl (C=O) groups excluding carboxylic acids is 1. The third-order valence-electron chi connectivity index (χ3n) is 4.45. The van der Waals surface area contributed by atoms with Crippen LogP contribution < -0.4 is 14.9 Å². The summed E-state index contributed by atoms with van der Waals surface area (Å²) >= 11 is 5.80. The molecule has 0 aliphatic carbocycles. The maximum absolute atomic E-state index is 12.0. The van der Waals surface area contributed by atoms with E-state index in [1.807, 2.05) is 41.3 Å². The maximum Gasteiger partial charge on any atom is 0.254 e. The number of methoxy groups -OCH3 is 1. The number of nitrogens with one attached hydrogen (secondary N) is 1. The number of hydrogen-bond acceptors (Lipinski definition) is 6. The molecule has 0 radical (unpaired) electrons. The molecule has 1 N–H and O–H groups in total. The molecule has 0 spiro atoms. The molecule has 1 saturated heterocycles. The number of morpholine rings is 1. The van der Waals surface area contributed by atoms with E-state index in [0.717, 1.165) is 28.7 Å². The van der Waals surface area contributed by atoms with Gasteiger partial charge in [0.1, 0.15) is 6.61 Å². The van der Waals surface area contributed by atoms with Crippen molar-refractivity contribution in [3.63, 3.8) is 0 Å². The SMILES string of the molecule is COc1cc(/C=N/NC(=O)CN2CCOCC2)c(Br)cc1OCc1ccc(I)cc1. The first-order valence-corrected chi connectivity index (χ1v) is 11.3. The van der Waals surface area contributed by atoms with E-state index in [4.69, 9.17) is 14.2 Å². The molecule has 1 amide bonds. The average molecular weight is 588 g/mol. The Balaban J connectivity index is 1.59. The molecular formula is C21H23BrIN3O4. The van der Waals surface area contributed by atoms with Crippen molar-refractivity contribution in [3.8, 4) is 11.5 Å². The summed E-state index contributed by atoms with van der Waals surface area (Å²) in [6.07, 6.45) is 1.58. The quantitative estimate of drug-likeness (QED) is 0.291. The van der Waals surface area contributed by atoms with Crippen molar-refractivity contribution in [3.05, 3.63) is 55.6 Å². The van der Waals surface area contributed by atoms with Crippen molar-refractivity contribution in [1.29, 1.82) is 0 Å². The highest BCUT2D eigenvalue weighted by atomic mass is 127. The summed E-state index contributed by atoms with van der Waals surface area (Å²) < 4.78 is 18.6. The standard InChI is InChI=1S/C21H23BrIN3O4/c1-28-19-10-16(12-24-25-21(27)13-26-6-8-29-9-7-26)18(22)11-20(19)30-14-15-2-4-17(23)5-3-15/h2-5,10-12H,6-9,13-14H2,1H3,(H,25,27)/b24-12+. The van der Waals surface area contributed by atoms with Gasteiger partial charge in [0.05, 0.1) is 33.1 Å². The molecule has 2 aromatic rings. The van der Waals surface area contributed by atoms with E-state index in [0.29, 0.717) is 37.9 Å². The van der Waals surface area contributed by atoms with Crippen LogP contribution >= 0.6 is 38.5 Å². The van der Waals surface area contributed by atoms with E-state index in [9.17, 15) is 4.79 Å². The van der Waals surface area contributed by atoms with Crippen LogP contribution in [0.2, 0.25) is 0 Å². The van der Waals surface area contributed by atoms with Gasteiger partial charge in [0.2, 0.25) is 0 Å². The van der Waals surface area contributed by atoms with Crippen molar-refractivity contribution in [2.75, 3.05) is 40.0 Å². The highest BCUT2D eigenvalue weighted by Crippen LogP contribution is 2.33. The van der Waals surface area contributed by atoms with Gasteiger partial charge >= 0.3 is 0 Å². The molecule has 30 heavy (non-hydrogen) atoms. The van der Waals surface area contributed by atoms with Crippen LogP contribution in [0.1, 0.15) is 11.1 Å². The third kappa shape index (κ3) is 6.93. The fourth-order valence-electron chi connectivity index (χ4n) is 2.84. The molecule has 160 valence electrons. The second-order valence-corrected chi connectivity index (χ2v) is 8.72. The minimum Gasteiger partial charge on any atom is -0.493 e. The van der Waals surface area contributed by atoms with Crippen LogP contribution in [0.5, 0.6) is 11.5 Å². The van der Waals surface area contributed by atoms with Gasteiger partial charge in [-0.3, -0.25) is 9.69 Å². The molecule has 0 atom stereocenters. The van der Waals surface area contributed by atoms with Gasteiger partial charge in [0, 0.05) is 26.7 Å². The summed E-state index contributed by atoms with van der Waals surface area (Å²) in [6, 6.07) is 11.8. The topological polar surface area (TPSA) is 72.4 Å². The van der Waals surface area contributed by atoms with Crippen LogP contribution in [0, 0.1) is 3.57 Å². The van der Waals surface area contributed by atoms with Crippen LogP contribution in [0.3, 0.4) is 0 Å². The number of nitrogens with zero attached hydrogens (tertiary/aromatic N) is 2. The summed E-state index contributed by atoms with van der Waals surface area (Å²) in [4.78, 5) is 14.1. The summed E-state index contributed by atoms with van der Waals surface area (Å²) in [5.74, 6) is 1.05. The normalized spacial score (nSPS) is 14.6. The highest BCUT2D eigenvalue weighted by Gasteiger charge is 2.14. The van der Waals surface area contributed by atoms with E-state index < -0.39 is 0 Å². The number of amides is 1. The zero-order valence-electron chi connectivity index (χ0n) is 16.6. The first-order chi connectivity index (χ1) is 14.5. The lowest BCUT2D eigenvalue weighted by Crippen LogP contribution is -2.42. The molecule has 1 fully saturated rings. The number of ether oxygens (including phenoxy) is 3. The van der Waals surface area contributed by atoms with Crippen molar-refractivity contribution in [2.24, 2.45) is 5.10 Å². The first-order valence-electron chi connectivity index (χ1n) is 9.42. The Morgan fingerprint density at radius 2 is 2.00 bits per heavy atom. The lowest BCUT2D eigenvalue weighted by atomic mass is 10.2. The minimum atomic E-state index is -0.159. The fourth-order valence-corrected chi connectivity index (χ4v) is 3.62. The number of benzene rings is 2. The zero-order valence-corrected chi connectivity index (χ0v) is 20.3. The molecule has 0 saturated carbocycles. The van der Waals surface area contributed by atoms with E-state index in [2.05, 4.69) is 49.0 Å². The van der Waals surface area contributed by atoms with E-state index in [-0.39, 0.29) is 5.91 Å². The monoisotopic (exact) mass is 587 g/mol. The second kappa shape index (κ2) is 11.6. The van der Waals surface area contributed by atoms with Crippen molar-refractivity contribution in [1.82, 2.24) is 10.3 Å². The fraction of sp³-hybridized carbons (Fsp3) is 0.333. The Morgan fingerprint density at radius 1 is 1.27 bits per heavy atom. The molecular weight excluding hydrogens is 565 g/mol. The summed E-state index contributed by atoms with van der Waals surface area (Å²) in [6.45, 7) is 3.55. The Morgan fingerprint density at radius 3 is 2.70 bits per heavy atom. The lowest BCUT2D eigenvalue weighted by molar-refractivity contribution is -0.123. The van der Waals surface area contributed by atoms with Crippen LogP contribution in [-0.4, -0.2) is 57.0 Å². The van der Waals surface area contributed by atoms with Gasteiger partial charge in [-0.25, -0.2) is 5.43 Å². The van der Waals surface area contributed by atoms with Gasteiger partial charge in [0.15, 0.2) is 11.5 Å². The van der Waals surface area contributed by atoms with E-state index >= 15 is 0 Å². The maximum atomic E-state index is 12.0. The van der Waals surface area contributed by atoms with Gasteiger partial charge < -0.3 is 14.2 Å². The second-order valence-electron chi connectivity index (χ2n) is 6.62. The molecule has 1 aliphatic rings. The predicted octanol–water partition coefficient (Wildman–Crippen LogP) is 3.42. The number of halogens is 2. The highest BCUT2D eigenvalue weighted by molar-refractivity contribution is 14.1. The number of carbonyl (C=O) groups is 1. The van der Waals surface area contributed by atoms with Crippen LogP contribution in [0.25, 0.3) is 0 Å². The average Bonchev–Trinajstić information content (AvgIpc) is 2.75. The summed E-state index contributed by atoms with van der Waals surface area (Å²) in [7, 11) is 1.59. The molecule has 2 aromatic carbocycles. The minimum absolute atomic E-state index is 0.159. The first kappa shape index (κ1) is 23.0. The van der Waals surface area contributed by atoms with Gasteiger partial charge in [-0.15, -0.1) is 0 Å². The van der Waals surface area contributed by atoms with Crippen molar-refractivity contribution >= 4 is 50.6 Å². The Kier molecular flexibility index (Phi) is 8.91. The van der Waals surface area contributed by atoms with Crippen molar-refractivity contribution < 1.29 is 19.0 Å². The van der Waals surface area contributed by atoms with E-state index in [1.54, 1.807) is 13.3 Å². The van der Waals surface area contributed by atoms with Gasteiger partial charge in [-0.05, 0) is 68.3 Å². The van der Waals surface area contributed by atoms with Gasteiger partial charge in [-0.2, -0.15) is 5.10 Å². The molecule has 0 aromatic heterocycles. The van der Waals surface area contributed by atoms with Gasteiger partial charge in [0.25, 0.3) is 5.91 Å². The largest absolute Gasteiger partial charge is 0.493 e. The molecule has 0 bridgehead atoms. The van der Waals surface area contributed by atoms with Crippen LogP contribution in [0.15, 0.2) is 46.0 Å².